The fourth-order valence-corrected chi connectivity index (χ4v) is 4.75. The summed E-state index contributed by atoms with van der Waals surface area (Å²) < 4.78 is 27.3. The molecule has 11 heteroatoms. The zero-order valence-electron chi connectivity index (χ0n) is 14.5. The molecule has 0 spiro atoms. The molecule has 1 aliphatic rings. The van der Waals surface area contributed by atoms with Gasteiger partial charge in [-0.25, -0.2) is 8.42 Å². The second kappa shape index (κ2) is 8.19. The average Bonchev–Trinajstić information content (AvgIpc) is 3.15. The lowest BCUT2D eigenvalue weighted by Crippen LogP contribution is -2.48. The molecule has 1 aliphatic heterocycles. The molecule has 0 aromatic carbocycles. The van der Waals surface area contributed by atoms with Gasteiger partial charge in [-0.05, 0) is 25.2 Å². The van der Waals surface area contributed by atoms with Crippen LogP contribution in [0, 0.1) is 5.92 Å². The predicted molar refractivity (Wildman–Crippen MR) is 93.6 cm³/mol. The maximum atomic E-state index is 12.7. The van der Waals surface area contributed by atoms with Crippen molar-refractivity contribution in [2.24, 2.45) is 5.92 Å². The van der Waals surface area contributed by atoms with Gasteiger partial charge in [0.2, 0.25) is 21.3 Å². The summed E-state index contributed by atoms with van der Waals surface area (Å²) in [5.41, 5.74) is 0. The fourth-order valence-electron chi connectivity index (χ4n) is 2.59. The molecule has 0 aliphatic carbocycles. The molecule has 140 valence electrons. The van der Waals surface area contributed by atoms with E-state index in [0.717, 1.165) is 24.2 Å². The number of nitrogens with zero attached hydrogens (tertiary/aromatic N) is 3. The summed E-state index contributed by atoms with van der Waals surface area (Å²) in [5.74, 6) is -0.431. The van der Waals surface area contributed by atoms with E-state index in [1.54, 1.807) is 4.90 Å². The summed E-state index contributed by atoms with van der Waals surface area (Å²) in [7, 11) is -4.00. The van der Waals surface area contributed by atoms with Crippen LogP contribution in [0.15, 0.2) is 4.34 Å². The van der Waals surface area contributed by atoms with E-state index in [1.165, 1.54) is 6.92 Å². The summed E-state index contributed by atoms with van der Waals surface area (Å²) in [5, 5.41) is 9.73. The number of amides is 2. The molecule has 0 bridgehead atoms. The van der Waals surface area contributed by atoms with E-state index < -0.39 is 16.1 Å². The normalized spacial score (nSPS) is 16.2. The Morgan fingerprint density at radius 1 is 1.24 bits per heavy atom. The highest BCUT2D eigenvalue weighted by Gasteiger charge is 2.32. The summed E-state index contributed by atoms with van der Waals surface area (Å²) in [6, 6.07) is -0.837. The van der Waals surface area contributed by atoms with Crippen molar-refractivity contribution in [2.45, 2.75) is 50.4 Å². The number of anilines is 1. The highest BCUT2D eigenvalue weighted by Crippen LogP contribution is 2.21. The number of sulfonamides is 1. The van der Waals surface area contributed by atoms with Crippen LogP contribution in [-0.2, 0) is 19.6 Å². The first-order valence-corrected chi connectivity index (χ1v) is 10.4. The lowest BCUT2D eigenvalue weighted by Gasteiger charge is -2.24. The standard InChI is InChI=1S/C14H23N5O4S2/c1-9(2)8-11(12(21)19-6-4-5-7-19)18-25(22,23)14-17-16-13(24-14)15-10(3)20/h9,11,18H,4-8H2,1-3H3,(H,15,16,20)/t11-/m0/s1. The van der Waals surface area contributed by atoms with E-state index in [2.05, 4.69) is 20.2 Å². The van der Waals surface area contributed by atoms with Crippen LogP contribution in [0.1, 0.15) is 40.0 Å². The Hall–Kier alpha value is -1.59. The molecule has 25 heavy (non-hydrogen) atoms. The zero-order chi connectivity index (χ0) is 18.6. The molecule has 2 heterocycles. The van der Waals surface area contributed by atoms with E-state index in [0.29, 0.717) is 19.5 Å². The molecule has 0 unspecified atom stereocenters. The van der Waals surface area contributed by atoms with E-state index >= 15 is 0 Å². The Balaban J connectivity index is 2.16. The molecule has 2 rings (SSSR count). The first-order chi connectivity index (χ1) is 11.7. The van der Waals surface area contributed by atoms with Gasteiger partial charge in [0.1, 0.15) is 6.04 Å². The summed E-state index contributed by atoms with van der Waals surface area (Å²) in [6.45, 7) is 6.46. The summed E-state index contributed by atoms with van der Waals surface area (Å²) in [6.07, 6.45) is 2.26. The van der Waals surface area contributed by atoms with Crippen molar-refractivity contribution in [3.63, 3.8) is 0 Å². The predicted octanol–water partition coefficient (Wildman–Crippen LogP) is 0.812. The van der Waals surface area contributed by atoms with Gasteiger partial charge >= 0.3 is 0 Å². The van der Waals surface area contributed by atoms with Crippen LogP contribution in [0.5, 0.6) is 0 Å². The van der Waals surface area contributed by atoms with E-state index in [9.17, 15) is 18.0 Å². The minimum Gasteiger partial charge on any atom is -0.341 e. The second-order valence-electron chi connectivity index (χ2n) is 6.39. The third-order valence-corrected chi connectivity index (χ3v) is 6.32. The molecule has 1 atom stereocenters. The van der Waals surface area contributed by atoms with Crippen LogP contribution in [0.25, 0.3) is 0 Å². The molecule has 0 saturated carbocycles. The molecule has 1 aromatic rings. The van der Waals surface area contributed by atoms with Crippen LogP contribution < -0.4 is 10.0 Å². The highest BCUT2D eigenvalue weighted by molar-refractivity contribution is 7.91. The van der Waals surface area contributed by atoms with Crippen LogP contribution >= 0.6 is 11.3 Å². The lowest BCUT2D eigenvalue weighted by molar-refractivity contribution is -0.132. The maximum Gasteiger partial charge on any atom is 0.270 e. The number of carbonyl (C=O) groups excluding carboxylic acids is 2. The number of hydrogen-bond donors (Lipinski definition) is 2. The third kappa shape index (κ3) is 5.44. The first-order valence-electron chi connectivity index (χ1n) is 8.11. The number of rotatable bonds is 7. The Kier molecular flexibility index (Phi) is 6.47. The molecule has 0 radical (unpaired) electrons. The minimum atomic E-state index is -4.00. The quantitative estimate of drug-likeness (QED) is 0.666. The van der Waals surface area contributed by atoms with Crippen LogP contribution in [0.4, 0.5) is 5.13 Å². The van der Waals surface area contributed by atoms with Crippen molar-refractivity contribution in [3.8, 4) is 0 Å². The average molecular weight is 390 g/mol. The van der Waals surface area contributed by atoms with Gasteiger partial charge in [0.25, 0.3) is 10.0 Å². The third-order valence-electron chi connectivity index (χ3n) is 3.64. The van der Waals surface area contributed by atoms with Gasteiger partial charge in [0, 0.05) is 20.0 Å². The van der Waals surface area contributed by atoms with Gasteiger partial charge < -0.3 is 10.2 Å². The summed E-state index contributed by atoms with van der Waals surface area (Å²) >= 11 is 0.743. The first kappa shape index (κ1) is 19.7. The monoisotopic (exact) mass is 389 g/mol. The number of aromatic nitrogens is 2. The van der Waals surface area contributed by atoms with Gasteiger partial charge in [0.15, 0.2) is 0 Å². The van der Waals surface area contributed by atoms with Crippen molar-refractivity contribution >= 4 is 38.3 Å². The van der Waals surface area contributed by atoms with Crippen LogP contribution in [0.3, 0.4) is 0 Å². The van der Waals surface area contributed by atoms with Crippen LogP contribution in [-0.4, -0.2) is 54.5 Å². The molecule has 9 nitrogen and oxygen atoms in total. The van der Waals surface area contributed by atoms with Crippen molar-refractivity contribution in [2.75, 3.05) is 18.4 Å². The second-order valence-corrected chi connectivity index (χ2v) is 9.26. The van der Waals surface area contributed by atoms with Gasteiger partial charge in [0.05, 0.1) is 0 Å². The topological polar surface area (TPSA) is 121 Å². The molecule has 1 fully saturated rings. The number of likely N-dealkylation sites (tertiary alicyclic amines) is 1. The van der Waals surface area contributed by atoms with Crippen molar-refractivity contribution < 1.29 is 18.0 Å². The zero-order valence-corrected chi connectivity index (χ0v) is 16.1. The van der Waals surface area contributed by atoms with Gasteiger partial charge in [-0.15, -0.1) is 10.2 Å². The molecule has 1 saturated heterocycles. The Labute approximate surface area is 151 Å². The Morgan fingerprint density at radius 2 is 1.88 bits per heavy atom. The number of hydrogen-bond acceptors (Lipinski definition) is 7. The Morgan fingerprint density at radius 3 is 2.44 bits per heavy atom. The number of nitrogens with one attached hydrogen (secondary N) is 2. The molecular formula is C14H23N5O4S2. The van der Waals surface area contributed by atoms with Gasteiger partial charge in [-0.1, -0.05) is 25.2 Å². The highest BCUT2D eigenvalue weighted by atomic mass is 32.2. The van der Waals surface area contributed by atoms with Crippen molar-refractivity contribution in [1.82, 2.24) is 19.8 Å². The van der Waals surface area contributed by atoms with E-state index in [-0.39, 0.29) is 27.2 Å². The van der Waals surface area contributed by atoms with Gasteiger partial charge in [-0.3, -0.25) is 9.59 Å². The Bertz CT molecular complexity index is 725. The van der Waals surface area contributed by atoms with Gasteiger partial charge in [-0.2, -0.15) is 4.72 Å². The van der Waals surface area contributed by atoms with Crippen molar-refractivity contribution in [3.05, 3.63) is 0 Å². The van der Waals surface area contributed by atoms with Crippen molar-refractivity contribution in [1.29, 1.82) is 0 Å². The maximum absolute atomic E-state index is 12.7. The summed E-state index contributed by atoms with van der Waals surface area (Å²) in [4.78, 5) is 25.4. The molecule has 2 N–H and O–H groups in total. The molecule has 1 aromatic heterocycles. The molecule has 2 amide bonds. The fraction of sp³-hybridized carbons (Fsp3) is 0.714. The largest absolute Gasteiger partial charge is 0.341 e. The van der Waals surface area contributed by atoms with E-state index in [1.807, 2.05) is 13.8 Å². The van der Waals surface area contributed by atoms with Crippen LogP contribution in [0.2, 0.25) is 0 Å². The number of carbonyl (C=O) groups is 2. The SMILES string of the molecule is CC(=O)Nc1nnc(S(=O)(=O)N[C@@H](CC(C)C)C(=O)N2CCCC2)s1. The lowest BCUT2D eigenvalue weighted by atomic mass is 10.0. The smallest absolute Gasteiger partial charge is 0.270 e. The van der Waals surface area contributed by atoms with E-state index in [4.69, 9.17) is 0 Å². The minimum absolute atomic E-state index is 0.0964. The molecular weight excluding hydrogens is 366 g/mol.